The highest BCUT2D eigenvalue weighted by molar-refractivity contribution is 5.58. The molecule has 2 N–H and O–H groups in total. The molecule has 1 saturated heterocycles. The molecule has 0 radical (unpaired) electrons. The largest absolute Gasteiger partial charge is 0.495 e. The standard InChI is InChI=1S/C14H20F2N2O/c1-19-12-6-3-2-5-11(12)18-9-4-7-14(17,8-10-18)13(15)16/h2-3,5-6,13H,4,7-10,17H2,1H3. The number of nitrogens with two attached hydrogens (primary N) is 1. The van der Waals surface area contributed by atoms with Crippen molar-refractivity contribution in [2.24, 2.45) is 5.73 Å². The van der Waals surface area contributed by atoms with Gasteiger partial charge in [0.2, 0.25) is 0 Å². The van der Waals surface area contributed by atoms with E-state index in [1.165, 1.54) is 0 Å². The molecule has 0 bridgehead atoms. The molecule has 1 aromatic carbocycles. The van der Waals surface area contributed by atoms with Gasteiger partial charge in [0.05, 0.1) is 18.3 Å². The third-order valence-corrected chi connectivity index (χ3v) is 3.78. The molecular weight excluding hydrogens is 250 g/mol. The van der Waals surface area contributed by atoms with Gasteiger partial charge in [0.1, 0.15) is 5.75 Å². The Bertz CT molecular complexity index is 428. The minimum absolute atomic E-state index is 0.294. The van der Waals surface area contributed by atoms with Gasteiger partial charge in [-0.25, -0.2) is 8.78 Å². The highest BCUT2D eigenvalue weighted by Crippen LogP contribution is 2.32. The Kier molecular flexibility index (Phi) is 4.24. The fourth-order valence-corrected chi connectivity index (χ4v) is 2.53. The molecule has 0 amide bonds. The first kappa shape index (κ1) is 14.1. The Morgan fingerprint density at radius 3 is 2.68 bits per heavy atom. The van der Waals surface area contributed by atoms with Gasteiger partial charge >= 0.3 is 0 Å². The molecule has 19 heavy (non-hydrogen) atoms. The van der Waals surface area contributed by atoms with Gasteiger partial charge in [-0.15, -0.1) is 0 Å². The number of hydrogen-bond donors (Lipinski definition) is 1. The minimum atomic E-state index is -2.47. The Labute approximate surface area is 112 Å². The zero-order chi connectivity index (χ0) is 13.9. The number of methoxy groups -OCH3 is 1. The van der Waals surface area contributed by atoms with E-state index in [9.17, 15) is 8.78 Å². The summed E-state index contributed by atoms with van der Waals surface area (Å²) in [7, 11) is 1.61. The van der Waals surface area contributed by atoms with Crippen LogP contribution in [0.3, 0.4) is 0 Å². The van der Waals surface area contributed by atoms with Gasteiger partial charge in [0.25, 0.3) is 6.43 Å². The number of benzene rings is 1. The van der Waals surface area contributed by atoms with Crippen molar-refractivity contribution in [2.75, 3.05) is 25.1 Å². The maximum Gasteiger partial charge on any atom is 0.256 e. The lowest BCUT2D eigenvalue weighted by Gasteiger charge is -2.28. The average molecular weight is 270 g/mol. The van der Waals surface area contributed by atoms with Crippen molar-refractivity contribution in [1.29, 1.82) is 0 Å². The SMILES string of the molecule is COc1ccccc1N1CCCC(N)(C(F)F)CC1. The number of alkyl halides is 2. The van der Waals surface area contributed by atoms with Crippen molar-refractivity contribution in [3.63, 3.8) is 0 Å². The Hall–Kier alpha value is -1.36. The van der Waals surface area contributed by atoms with Gasteiger partial charge in [-0.05, 0) is 31.4 Å². The van der Waals surface area contributed by atoms with Crippen molar-refractivity contribution in [3.8, 4) is 5.75 Å². The second kappa shape index (κ2) is 5.74. The van der Waals surface area contributed by atoms with Crippen LogP contribution in [0.25, 0.3) is 0 Å². The lowest BCUT2D eigenvalue weighted by atomic mass is 9.92. The van der Waals surface area contributed by atoms with Gasteiger partial charge in [0, 0.05) is 13.1 Å². The second-order valence-corrected chi connectivity index (χ2v) is 5.05. The second-order valence-electron chi connectivity index (χ2n) is 5.05. The Morgan fingerprint density at radius 1 is 1.26 bits per heavy atom. The van der Waals surface area contributed by atoms with Crippen LogP contribution >= 0.6 is 0 Å². The molecule has 5 heteroatoms. The van der Waals surface area contributed by atoms with Crippen molar-refractivity contribution in [3.05, 3.63) is 24.3 Å². The van der Waals surface area contributed by atoms with E-state index in [0.717, 1.165) is 18.0 Å². The summed E-state index contributed by atoms with van der Waals surface area (Å²) in [6, 6.07) is 7.64. The normalized spacial score (nSPS) is 24.4. The zero-order valence-electron chi connectivity index (χ0n) is 11.1. The number of hydrogen-bond acceptors (Lipinski definition) is 3. The van der Waals surface area contributed by atoms with Crippen LogP contribution in [0.2, 0.25) is 0 Å². The molecule has 3 nitrogen and oxygen atoms in total. The van der Waals surface area contributed by atoms with E-state index in [1.807, 2.05) is 24.3 Å². The number of ether oxygens (including phenoxy) is 1. The summed E-state index contributed by atoms with van der Waals surface area (Å²) in [5.74, 6) is 0.768. The summed E-state index contributed by atoms with van der Waals surface area (Å²) in [4.78, 5) is 2.08. The van der Waals surface area contributed by atoms with E-state index in [1.54, 1.807) is 7.11 Å². The summed E-state index contributed by atoms with van der Waals surface area (Å²) in [5, 5.41) is 0. The van der Waals surface area contributed by atoms with Crippen LogP contribution in [0.15, 0.2) is 24.3 Å². The average Bonchev–Trinajstić information content (AvgIpc) is 2.62. The van der Waals surface area contributed by atoms with Gasteiger partial charge in [-0.3, -0.25) is 0 Å². The molecular formula is C14H20F2N2O. The predicted octanol–water partition coefficient (Wildman–Crippen LogP) is 2.65. The minimum Gasteiger partial charge on any atom is -0.495 e. The van der Waals surface area contributed by atoms with Crippen LogP contribution in [0.5, 0.6) is 5.75 Å². The Morgan fingerprint density at radius 2 is 2.00 bits per heavy atom. The lowest BCUT2D eigenvalue weighted by molar-refractivity contribution is 0.0466. The molecule has 1 aliphatic rings. The van der Waals surface area contributed by atoms with Crippen molar-refractivity contribution < 1.29 is 13.5 Å². The van der Waals surface area contributed by atoms with Crippen LogP contribution in [0.1, 0.15) is 19.3 Å². The van der Waals surface area contributed by atoms with Crippen LogP contribution in [-0.2, 0) is 0 Å². The topological polar surface area (TPSA) is 38.5 Å². The third-order valence-electron chi connectivity index (χ3n) is 3.78. The fourth-order valence-electron chi connectivity index (χ4n) is 2.53. The molecule has 0 spiro atoms. The summed E-state index contributed by atoms with van der Waals surface area (Å²) in [6.07, 6.45) is -1.15. The molecule has 1 aliphatic heterocycles. The molecule has 0 aliphatic carbocycles. The van der Waals surface area contributed by atoms with E-state index in [4.69, 9.17) is 10.5 Å². The fraction of sp³-hybridized carbons (Fsp3) is 0.571. The smallest absolute Gasteiger partial charge is 0.256 e. The summed E-state index contributed by atoms with van der Waals surface area (Å²) < 4.78 is 31.3. The zero-order valence-corrected chi connectivity index (χ0v) is 11.1. The summed E-state index contributed by atoms with van der Waals surface area (Å²) in [5.41, 5.74) is 5.40. The van der Waals surface area contributed by atoms with Crippen molar-refractivity contribution in [1.82, 2.24) is 0 Å². The molecule has 0 aromatic heterocycles. The van der Waals surface area contributed by atoms with Gasteiger partial charge in [-0.2, -0.15) is 0 Å². The highest BCUT2D eigenvalue weighted by atomic mass is 19.3. The maximum atomic E-state index is 13.0. The van der Waals surface area contributed by atoms with Crippen LogP contribution < -0.4 is 15.4 Å². The highest BCUT2D eigenvalue weighted by Gasteiger charge is 2.37. The van der Waals surface area contributed by atoms with Gasteiger partial charge < -0.3 is 15.4 Å². The summed E-state index contributed by atoms with van der Waals surface area (Å²) in [6.45, 7) is 1.26. The molecule has 1 heterocycles. The third kappa shape index (κ3) is 2.97. The number of rotatable bonds is 3. The molecule has 1 unspecified atom stereocenters. The lowest BCUT2D eigenvalue weighted by Crippen LogP contribution is -2.47. The summed E-state index contributed by atoms with van der Waals surface area (Å²) >= 11 is 0. The van der Waals surface area contributed by atoms with E-state index in [2.05, 4.69) is 4.90 Å². The van der Waals surface area contributed by atoms with Crippen LogP contribution in [-0.4, -0.2) is 32.2 Å². The molecule has 1 aromatic rings. The monoisotopic (exact) mass is 270 g/mol. The molecule has 106 valence electrons. The number of anilines is 1. The first-order valence-corrected chi connectivity index (χ1v) is 6.52. The van der Waals surface area contributed by atoms with E-state index in [-0.39, 0.29) is 0 Å². The van der Waals surface area contributed by atoms with E-state index >= 15 is 0 Å². The van der Waals surface area contributed by atoms with Gasteiger partial charge in [-0.1, -0.05) is 12.1 Å². The first-order valence-electron chi connectivity index (χ1n) is 6.52. The first-order chi connectivity index (χ1) is 9.07. The van der Waals surface area contributed by atoms with E-state index in [0.29, 0.717) is 25.8 Å². The quantitative estimate of drug-likeness (QED) is 0.917. The maximum absolute atomic E-state index is 13.0. The van der Waals surface area contributed by atoms with Crippen molar-refractivity contribution >= 4 is 5.69 Å². The number of halogens is 2. The number of para-hydroxylation sites is 2. The molecule has 1 fully saturated rings. The number of nitrogens with zero attached hydrogens (tertiary/aromatic N) is 1. The van der Waals surface area contributed by atoms with Crippen molar-refractivity contribution in [2.45, 2.75) is 31.2 Å². The molecule has 0 saturated carbocycles. The Balaban J connectivity index is 2.15. The predicted molar refractivity (Wildman–Crippen MR) is 72.0 cm³/mol. The molecule has 2 rings (SSSR count). The van der Waals surface area contributed by atoms with Gasteiger partial charge in [0.15, 0.2) is 0 Å². The molecule has 1 atom stereocenters. The van der Waals surface area contributed by atoms with Crippen LogP contribution in [0, 0.1) is 0 Å². The van der Waals surface area contributed by atoms with E-state index < -0.39 is 12.0 Å². The van der Waals surface area contributed by atoms with Crippen LogP contribution in [0.4, 0.5) is 14.5 Å².